The number of hydrogen-bond donors (Lipinski definition) is 2. The molecule has 4 aromatic carbocycles. The summed E-state index contributed by atoms with van der Waals surface area (Å²) in [6.45, 7) is 2.32. The maximum Gasteiger partial charge on any atom is 0.253 e. The molecule has 184 valence electrons. The van der Waals surface area contributed by atoms with E-state index in [0.29, 0.717) is 11.7 Å². The topological polar surface area (TPSA) is 84.2 Å². The molecule has 1 heterocycles. The van der Waals surface area contributed by atoms with Crippen molar-refractivity contribution in [3.05, 3.63) is 115 Å². The zero-order valence-corrected chi connectivity index (χ0v) is 21.1. The van der Waals surface area contributed by atoms with Gasteiger partial charge in [-0.05, 0) is 53.6 Å². The van der Waals surface area contributed by atoms with E-state index in [2.05, 4.69) is 38.2 Å². The number of thioether (sulfide) groups is 1. The lowest BCUT2D eigenvalue weighted by molar-refractivity contribution is -0.120. The summed E-state index contributed by atoms with van der Waals surface area (Å²) >= 11 is 1.34. The van der Waals surface area contributed by atoms with Crippen molar-refractivity contribution in [1.29, 1.82) is 0 Å². The minimum Gasteiger partial charge on any atom is -0.378 e. The van der Waals surface area contributed by atoms with Gasteiger partial charge >= 0.3 is 0 Å². The maximum absolute atomic E-state index is 12.8. The van der Waals surface area contributed by atoms with Crippen LogP contribution in [0.5, 0.6) is 0 Å². The molecule has 0 saturated carbocycles. The Balaban J connectivity index is 1.27. The first kappa shape index (κ1) is 24.3. The van der Waals surface area contributed by atoms with Crippen molar-refractivity contribution in [2.75, 3.05) is 5.32 Å². The molecule has 0 aliphatic rings. The van der Waals surface area contributed by atoms with Gasteiger partial charge in [-0.1, -0.05) is 84.6 Å². The molecule has 5 aromatic rings. The molecule has 0 radical (unpaired) electrons. The van der Waals surface area contributed by atoms with Crippen LogP contribution >= 0.6 is 11.8 Å². The number of rotatable bonds is 9. The van der Waals surface area contributed by atoms with E-state index in [4.69, 9.17) is 0 Å². The fourth-order valence-corrected chi connectivity index (χ4v) is 4.71. The first-order valence-electron chi connectivity index (χ1n) is 11.9. The van der Waals surface area contributed by atoms with Crippen LogP contribution in [0.2, 0.25) is 0 Å². The van der Waals surface area contributed by atoms with Crippen LogP contribution in [-0.4, -0.2) is 32.1 Å². The number of benzene rings is 4. The second-order valence-electron chi connectivity index (χ2n) is 8.39. The van der Waals surface area contributed by atoms with Crippen LogP contribution in [0.25, 0.3) is 16.5 Å². The Morgan fingerprint density at radius 1 is 0.919 bits per heavy atom. The Labute approximate surface area is 219 Å². The number of carbonyl (C=O) groups excluding carboxylic acids is 1. The van der Waals surface area contributed by atoms with E-state index in [1.165, 1.54) is 11.8 Å². The van der Waals surface area contributed by atoms with E-state index in [9.17, 15) is 4.79 Å². The number of nitrogens with one attached hydrogen (secondary N) is 2. The van der Waals surface area contributed by atoms with Crippen LogP contribution in [0.15, 0.2) is 113 Å². The standard InChI is InChI=1S/C29H26N6OS/c1-21(28(36)33-31-19-22-16-17-23-10-8-9-11-24(23)18-22)37-29-34-32-27(20-30-25-12-4-2-5-13-25)35(29)26-14-6-3-7-15-26/h2-19,21,30H,20H2,1H3,(H,33,36)/t21-/m1/s1. The molecule has 7 nitrogen and oxygen atoms in total. The van der Waals surface area contributed by atoms with Gasteiger partial charge in [0.15, 0.2) is 11.0 Å². The number of aromatic nitrogens is 3. The van der Waals surface area contributed by atoms with Crippen molar-refractivity contribution in [2.24, 2.45) is 5.10 Å². The van der Waals surface area contributed by atoms with Crippen LogP contribution < -0.4 is 10.7 Å². The number of hydrazone groups is 1. The van der Waals surface area contributed by atoms with E-state index < -0.39 is 5.25 Å². The van der Waals surface area contributed by atoms with Crippen molar-refractivity contribution in [3.8, 4) is 5.69 Å². The number of fused-ring (bicyclic) bond motifs is 1. The molecule has 1 amide bonds. The Morgan fingerprint density at radius 2 is 1.62 bits per heavy atom. The lowest BCUT2D eigenvalue weighted by Crippen LogP contribution is -2.27. The number of hydrogen-bond acceptors (Lipinski definition) is 6. The lowest BCUT2D eigenvalue weighted by Gasteiger charge is -2.13. The number of amides is 1. The first-order chi connectivity index (χ1) is 18.2. The van der Waals surface area contributed by atoms with Crippen LogP contribution in [0.4, 0.5) is 5.69 Å². The summed E-state index contributed by atoms with van der Waals surface area (Å²) in [5.74, 6) is 0.535. The van der Waals surface area contributed by atoms with Gasteiger partial charge < -0.3 is 5.32 Å². The van der Waals surface area contributed by atoms with Crippen molar-refractivity contribution in [1.82, 2.24) is 20.2 Å². The van der Waals surface area contributed by atoms with Gasteiger partial charge in [0.1, 0.15) is 0 Å². The zero-order valence-electron chi connectivity index (χ0n) is 20.3. The Morgan fingerprint density at radius 3 is 2.41 bits per heavy atom. The molecule has 2 N–H and O–H groups in total. The van der Waals surface area contributed by atoms with Crippen molar-refractivity contribution >= 4 is 40.3 Å². The molecule has 0 bridgehead atoms. The van der Waals surface area contributed by atoms with E-state index in [1.54, 1.807) is 6.21 Å². The third-order valence-electron chi connectivity index (χ3n) is 5.75. The highest BCUT2D eigenvalue weighted by Crippen LogP contribution is 2.26. The molecule has 5 rings (SSSR count). The van der Waals surface area contributed by atoms with Gasteiger partial charge in [0.25, 0.3) is 5.91 Å². The first-order valence-corrected chi connectivity index (χ1v) is 12.8. The second-order valence-corrected chi connectivity index (χ2v) is 9.70. The Bertz CT molecular complexity index is 1520. The molecule has 0 fully saturated rings. The molecule has 8 heteroatoms. The summed E-state index contributed by atoms with van der Waals surface area (Å²) in [6.07, 6.45) is 1.65. The van der Waals surface area contributed by atoms with Gasteiger partial charge in [-0.2, -0.15) is 5.10 Å². The summed E-state index contributed by atoms with van der Waals surface area (Å²) in [7, 11) is 0. The molecule has 0 aliphatic carbocycles. The van der Waals surface area contributed by atoms with Gasteiger partial charge in [-0.15, -0.1) is 10.2 Å². The van der Waals surface area contributed by atoms with Crippen LogP contribution in [0.3, 0.4) is 0 Å². The zero-order chi connectivity index (χ0) is 25.5. The molecule has 0 unspecified atom stereocenters. The molecule has 0 aliphatic heterocycles. The number of anilines is 1. The highest BCUT2D eigenvalue weighted by Gasteiger charge is 2.21. The summed E-state index contributed by atoms with van der Waals surface area (Å²) in [5, 5.41) is 18.9. The third-order valence-corrected chi connectivity index (χ3v) is 6.80. The van der Waals surface area contributed by atoms with Gasteiger partial charge in [0, 0.05) is 11.4 Å². The van der Waals surface area contributed by atoms with Crippen LogP contribution in [-0.2, 0) is 11.3 Å². The molecular formula is C29H26N6OS. The van der Waals surface area contributed by atoms with E-state index in [0.717, 1.165) is 33.5 Å². The Kier molecular flexibility index (Phi) is 7.57. The summed E-state index contributed by atoms with van der Waals surface area (Å²) in [5.41, 5.74) is 5.50. The van der Waals surface area contributed by atoms with E-state index >= 15 is 0 Å². The second kappa shape index (κ2) is 11.5. The minimum absolute atomic E-state index is 0.214. The quantitative estimate of drug-likeness (QED) is 0.153. The molecule has 37 heavy (non-hydrogen) atoms. The number of nitrogens with zero attached hydrogens (tertiary/aromatic N) is 4. The van der Waals surface area contributed by atoms with Gasteiger partial charge in [-0.3, -0.25) is 9.36 Å². The third kappa shape index (κ3) is 6.05. The molecule has 0 saturated heterocycles. The molecular weight excluding hydrogens is 480 g/mol. The lowest BCUT2D eigenvalue weighted by atomic mass is 10.1. The van der Waals surface area contributed by atoms with Crippen LogP contribution in [0.1, 0.15) is 18.3 Å². The van der Waals surface area contributed by atoms with Gasteiger partial charge in [0.05, 0.1) is 18.0 Å². The Hall–Kier alpha value is -4.43. The summed E-state index contributed by atoms with van der Waals surface area (Å²) in [6, 6.07) is 34.0. The minimum atomic E-state index is -0.435. The predicted octanol–water partition coefficient (Wildman–Crippen LogP) is 5.66. The van der Waals surface area contributed by atoms with E-state index in [-0.39, 0.29) is 5.91 Å². The highest BCUT2D eigenvalue weighted by molar-refractivity contribution is 8.00. The summed E-state index contributed by atoms with van der Waals surface area (Å²) in [4.78, 5) is 12.8. The average molecular weight is 507 g/mol. The van der Waals surface area contributed by atoms with Gasteiger partial charge in [0.2, 0.25) is 0 Å². The van der Waals surface area contributed by atoms with Crippen LogP contribution in [0, 0.1) is 0 Å². The SMILES string of the molecule is C[C@@H](Sc1nnc(CNc2ccccc2)n1-c1ccccc1)C(=O)NN=Cc1ccc2ccccc2c1. The number of carbonyl (C=O) groups is 1. The van der Waals surface area contributed by atoms with Gasteiger partial charge in [-0.25, -0.2) is 5.43 Å². The monoisotopic (exact) mass is 506 g/mol. The van der Waals surface area contributed by atoms with Crippen molar-refractivity contribution in [2.45, 2.75) is 23.9 Å². The smallest absolute Gasteiger partial charge is 0.253 e. The molecule has 1 atom stereocenters. The maximum atomic E-state index is 12.8. The number of para-hydroxylation sites is 2. The van der Waals surface area contributed by atoms with Crippen molar-refractivity contribution in [3.63, 3.8) is 0 Å². The summed E-state index contributed by atoms with van der Waals surface area (Å²) < 4.78 is 1.97. The molecule has 0 spiro atoms. The average Bonchev–Trinajstić information content (AvgIpc) is 3.35. The highest BCUT2D eigenvalue weighted by atomic mass is 32.2. The fraction of sp³-hybridized carbons (Fsp3) is 0.103. The van der Waals surface area contributed by atoms with E-state index in [1.807, 2.05) is 102 Å². The predicted molar refractivity (Wildman–Crippen MR) is 150 cm³/mol. The van der Waals surface area contributed by atoms with Crippen molar-refractivity contribution < 1.29 is 4.79 Å². The fourth-order valence-electron chi connectivity index (χ4n) is 3.83. The normalized spacial score (nSPS) is 12.0. The molecule has 1 aromatic heterocycles. The largest absolute Gasteiger partial charge is 0.378 e.